The van der Waals surface area contributed by atoms with Gasteiger partial charge in [-0.3, -0.25) is 4.98 Å². The number of pyridine rings is 1. The minimum Gasteiger partial charge on any atom is -0.396 e. The molecule has 3 rings (SSSR count). The van der Waals surface area contributed by atoms with E-state index in [9.17, 15) is 0 Å². The third kappa shape index (κ3) is 3.07. The van der Waals surface area contributed by atoms with E-state index in [1.807, 2.05) is 6.20 Å². The second kappa shape index (κ2) is 5.73. The highest BCUT2D eigenvalue weighted by atomic mass is 79.9. The predicted molar refractivity (Wildman–Crippen MR) is 79.0 cm³/mol. The van der Waals surface area contributed by atoms with Crippen molar-refractivity contribution < 1.29 is 5.11 Å². The molecule has 0 spiro atoms. The first-order valence-electron chi connectivity index (χ1n) is 6.91. The van der Waals surface area contributed by atoms with Gasteiger partial charge >= 0.3 is 0 Å². The van der Waals surface area contributed by atoms with Gasteiger partial charge in [-0.05, 0) is 47.3 Å². The van der Waals surface area contributed by atoms with Crippen LogP contribution in [0.3, 0.4) is 0 Å². The van der Waals surface area contributed by atoms with E-state index in [1.54, 1.807) is 0 Å². The van der Waals surface area contributed by atoms with E-state index in [1.165, 1.54) is 18.5 Å². The van der Waals surface area contributed by atoms with Crippen LogP contribution in [-0.4, -0.2) is 28.8 Å². The van der Waals surface area contributed by atoms with Gasteiger partial charge in [0.2, 0.25) is 0 Å². The summed E-state index contributed by atoms with van der Waals surface area (Å²) in [7, 11) is 0. The summed E-state index contributed by atoms with van der Waals surface area (Å²) < 4.78 is 1.04. The summed E-state index contributed by atoms with van der Waals surface area (Å²) in [5, 5.41) is 12.8. The van der Waals surface area contributed by atoms with Crippen LogP contribution in [0.5, 0.6) is 0 Å². The minimum absolute atomic E-state index is 0.269. The Morgan fingerprint density at radius 1 is 1.26 bits per heavy atom. The van der Waals surface area contributed by atoms with Crippen LogP contribution in [-0.2, 0) is 0 Å². The van der Waals surface area contributed by atoms with Gasteiger partial charge in [-0.15, -0.1) is 0 Å². The molecule has 2 N–H and O–H groups in total. The van der Waals surface area contributed by atoms with Crippen molar-refractivity contribution in [2.45, 2.75) is 37.3 Å². The lowest BCUT2D eigenvalue weighted by molar-refractivity contribution is 0.231. The summed E-state index contributed by atoms with van der Waals surface area (Å²) in [5.41, 5.74) is 1.21. The molecule has 3 nitrogen and oxygen atoms in total. The van der Waals surface area contributed by atoms with Crippen molar-refractivity contribution in [1.29, 1.82) is 0 Å². The van der Waals surface area contributed by atoms with Crippen molar-refractivity contribution in [3.63, 3.8) is 0 Å². The number of rotatable bonds is 4. The monoisotopic (exact) mass is 322 g/mol. The van der Waals surface area contributed by atoms with Crippen LogP contribution < -0.4 is 5.32 Å². The molecule has 4 heteroatoms. The van der Waals surface area contributed by atoms with Gasteiger partial charge in [-0.1, -0.05) is 12.2 Å². The molecule has 0 aliphatic heterocycles. The number of aliphatic hydroxyl groups excluding tert-OH is 1. The van der Waals surface area contributed by atoms with Gasteiger partial charge in [0, 0.05) is 46.9 Å². The molecule has 1 fully saturated rings. The van der Waals surface area contributed by atoms with Gasteiger partial charge in [0.25, 0.3) is 0 Å². The van der Waals surface area contributed by atoms with Gasteiger partial charge in [-0.2, -0.15) is 0 Å². The number of aromatic nitrogens is 1. The summed E-state index contributed by atoms with van der Waals surface area (Å²) in [5.74, 6) is 0.950. The van der Waals surface area contributed by atoms with Crippen molar-refractivity contribution >= 4 is 15.9 Å². The topological polar surface area (TPSA) is 45.1 Å². The van der Waals surface area contributed by atoms with E-state index < -0.39 is 0 Å². The molecule has 2 atom stereocenters. The Labute approximate surface area is 122 Å². The van der Waals surface area contributed by atoms with Crippen LogP contribution in [0.1, 0.15) is 30.9 Å². The molecule has 19 heavy (non-hydrogen) atoms. The lowest BCUT2D eigenvalue weighted by Gasteiger charge is -2.37. The summed E-state index contributed by atoms with van der Waals surface area (Å²) in [6.07, 6.45) is 9.58. The first-order valence-corrected chi connectivity index (χ1v) is 7.70. The molecule has 0 amide bonds. The number of nitrogens with zero attached hydrogens (tertiary/aromatic N) is 1. The Balaban J connectivity index is 1.46. The largest absolute Gasteiger partial charge is 0.396 e. The zero-order valence-corrected chi connectivity index (χ0v) is 12.4. The van der Waals surface area contributed by atoms with Gasteiger partial charge in [0.05, 0.1) is 0 Å². The molecule has 0 bridgehead atoms. The number of halogens is 1. The second-order valence-corrected chi connectivity index (χ2v) is 6.52. The fraction of sp³-hybridized carbons (Fsp3) is 0.533. The molecular formula is C15H19BrN2O. The third-order valence-corrected chi connectivity index (χ3v) is 4.63. The number of hydrogen-bond donors (Lipinski definition) is 2. The quantitative estimate of drug-likeness (QED) is 0.837. The van der Waals surface area contributed by atoms with Crippen molar-refractivity contribution in [2.24, 2.45) is 5.92 Å². The smallest absolute Gasteiger partial charge is 0.0494 e. The maximum absolute atomic E-state index is 9.11. The Bertz CT molecular complexity index is 454. The van der Waals surface area contributed by atoms with Crippen LogP contribution in [0.4, 0.5) is 0 Å². The molecule has 0 saturated heterocycles. The summed E-state index contributed by atoms with van der Waals surface area (Å²) in [6.45, 7) is 0.269. The average molecular weight is 323 g/mol. The standard InChI is InChI=1S/C15H19BrN2O/c16-12-2-4-15(17-8-12)11-6-14(7-11)18-13-3-1-10(5-13)9-19/h1-4,8,10-11,13-14,18-19H,5-7,9H2/t10-,11?,13+,14?/m0/s1. The first kappa shape index (κ1) is 13.3. The predicted octanol–water partition coefficient (Wildman–Crippen LogP) is 2.62. The van der Waals surface area contributed by atoms with Crippen molar-refractivity contribution in [1.82, 2.24) is 10.3 Å². The maximum Gasteiger partial charge on any atom is 0.0494 e. The zero-order valence-electron chi connectivity index (χ0n) is 10.8. The van der Waals surface area contributed by atoms with E-state index in [0.717, 1.165) is 10.9 Å². The SMILES string of the molecule is OC[C@H]1C=C[C@@H](NC2CC(c3ccc(Br)cn3)C2)C1. The molecule has 1 aromatic rings. The van der Waals surface area contributed by atoms with Crippen molar-refractivity contribution in [3.8, 4) is 0 Å². The molecule has 2 aliphatic carbocycles. The highest BCUT2D eigenvalue weighted by Gasteiger charge is 2.33. The van der Waals surface area contributed by atoms with E-state index >= 15 is 0 Å². The molecule has 1 aromatic heterocycles. The molecule has 2 aliphatic rings. The fourth-order valence-electron chi connectivity index (χ4n) is 2.96. The maximum atomic E-state index is 9.11. The lowest BCUT2D eigenvalue weighted by atomic mass is 9.77. The molecule has 0 aromatic carbocycles. The van der Waals surface area contributed by atoms with E-state index in [2.05, 4.69) is 50.5 Å². The van der Waals surface area contributed by atoms with Crippen LogP contribution >= 0.6 is 15.9 Å². The third-order valence-electron chi connectivity index (χ3n) is 4.16. The highest BCUT2D eigenvalue weighted by Crippen LogP contribution is 2.36. The van der Waals surface area contributed by atoms with Crippen LogP contribution in [0.2, 0.25) is 0 Å². The van der Waals surface area contributed by atoms with E-state index in [-0.39, 0.29) is 6.61 Å². The van der Waals surface area contributed by atoms with Crippen LogP contribution in [0.25, 0.3) is 0 Å². The Morgan fingerprint density at radius 2 is 2.11 bits per heavy atom. The first-order chi connectivity index (χ1) is 9.24. The zero-order chi connectivity index (χ0) is 13.2. The normalized spacial score (nSPS) is 33.4. The number of aliphatic hydroxyl groups is 1. The van der Waals surface area contributed by atoms with Crippen LogP contribution in [0, 0.1) is 5.92 Å². The van der Waals surface area contributed by atoms with Crippen molar-refractivity contribution in [2.75, 3.05) is 6.61 Å². The number of hydrogen-bond acceptors (Lipinski definition) is 3. The Hall–Kier alpha value is -0.710. The van der Waals surface area contributed by atoms with E-state index in [0.29, 0.717) is 23.9 Å². The number of nitrogens with one attached hydrogen (secondary N) is 1. The fourth-order valence-corrected chi connectivity index (χ4v) is 3.20. The Kier molecular flexibility index (Phi) is 4.01. The molecule has 1 heterocycles. The molecular weight excluding hydrogens is 304 g/mol. The summed E-state index contributed by atoms with van der Waals surface area (Å²) in [6, 6.07) is 5.22. The minimum atomic E-state index is 0.269. The molecule has 0 unspecified atom stereocenters. The van der Waals surface area contributed by atoms with Gasteiger partial charge < -0.3 is 10.4 Å². The highest BCUT2D eigenvalue weighted by molar-refractivity contribution is 9.10. The summed E-state index contributed by atoms with van der Waals surface area (Å²) >= 11 is 3.41. The average Bonchev–Trinajstić information content (AvgIpc) is 2.82. The van der Waals surface area contributed by atoms with Crippen molar-refractivity contribution in [3.05, 3.63) is 40.6 Å². The lowest BCUT2D eigenvalue weighted by Crippen LogP contribution is -2.44. The summed E-state index contributed by atoms with van der Waals surface area (Å²) in [4.78, 5) is 4.47. The Morgan fingerprint density at radius 3 is 2.74 bits per heavy atom. The molecule has 102 valence electrons. The van der Waals surface area contributed by atoms with Crippen LogP contribution in [0.15, 0.2) is 35.0 Å². The van der Waals surface area contributed by atoms with Gasteiger partial charge in [-0.25, -0.2) is 0 Å². The van der Waals surface area contributed by atoms with Gasteiger partial charge in [0.15, 0.2) is 0 Å². The molecule has 1 saturated carbocycles. The molecule has 0 radical (unpaired) electrons. The second-order valence-electron chi connectivity index (χ2n) is 5.60. The van der Waals surface area contributed by atoms with E-state index in [4.69, 9.17) is 5.11 Å². The van der Waals surface area contributed by atoms with Gasteiger partial charge in [0.1, 0.15) is 0 Å².